The van der Waals surface area contributed by atoms with Crippen LogP contribution in [0.25, 0.3) is 0 Å². The zero-order valence-corrected chi connectivity index (χ0v) is 33.1. The number of carbonyl (C=O) groups excluding carboxylic acids is 3. The number of hydrogen-bond acceptors (Lipinski definition) is 8. The summed E-state index contributed by atoms with van der Waals surface area (Å²) in [5, 5.41) is 12.6. The number of piperidine rings is 3. The number of aryl methyl sites for hydroxylation is 1. The molecule has 1 aliphatic carbocycles. The van der Waals surface area contributed by atoms with Crippen LogP contribution in [0.1, 0.15) is 96.8 Å². The molecule has 0 saturated carbocycles. The van der Waals surface area contributed by atoms with Gasteiger partial charge in [0.1, 0.15) is 18.5 Å². The number of allylic oxidation sites excluding steroid dienone is 3. The number of primary amides is 1. The van der Waals surface area contributed by atoms with Crippen LogP contribution in [0.5, 0.6) is 17.2 Å². The molecule has 1 spiro atoms. The van der Waals surface area contributed by atoms with Crippen molar-refractivity contribution >= 4 is 23.4 Å². The molecule has 4 atom stereocenters. The van der Waals surface area contributed by atoms with E-state index in [0.29, 0.717) is 72.0 Å². The first-order chi connectivity index (χ1) is 27.6. The molecule has 0 radical (unpaired) electrons. The monoisotopic (exact) mass is 772 g/mol. The minimum Gasteiger partial charge on any atom is -0.508 e. The average molecular weight is 773 g/mol. The van der Waals surface area contributed by atoms with Crippen molar-refractivity contribution in [2.45, 2.75) is 83.2 Å². The number of fused-ring (bicyclic) bond motifs is 2. The van der Waals surface area contributed by atoms with Crippen LogP contribution >= 0.6 is 0 Å². The summed E-state index contributed by atoms with van der Waals surface area (Å²) in [6, 6.07) is 18.6. The number of carbonyl (C=O) groups is 3. The Morgan fingerprint density at radius 3 is 2.47 bits per heavy atom. The Morgan fingerprint density at radius 1 is 1.00 bits per heavy atom. The van der Waals surface area contributed by atoms with Gasteiger partial charge in [0.2, 0.25) is 17.7 Å². The van der Waals surface area contributed by atoms with E-state index in [0.717, 1.165) is 45.6 Å². The van der Waals surface area contributed by atoms with Gasteiger partial charge in [-0.3, -0.25) is 24.6 Å². The lowest BCUT2D eigenvalue weighted by Crippen LogP contribution is -2.49. The third-order valence-electron chi connectivity index (χ3n) is 13.7. The van der Waals surface area contributed by atoms with Crippen LogP contribution in [0, 0.1) is 17.3 Å². The molecule has 4 heterocycles. The van der Waals surface area contributed by atoms with E-state index in [1.807, 2.05) is 18.2 Å². The zero-order chi connectivity index (χ0) is 39.7. The SMILES string of the molecule is C=C/C=C(\C)[C@H]1CCc2cc(O)ccc2[C@H]1c1ccc(N2CCC3(CCN(CC4COc5c(ccc(C(N)=O)c5CC[C@H]5CCC(=O)NC5=O)O4)CC3)CC2)cc1. The smallest absolute Gasteiger partial charge is 0.249 e. The minimum atomic E-state index is -0.543. The fourth-order valence-corrected chi connectivity index (χ4v) is 10.3. The van der Waals surface area contributed by atoms with Gasteiger partial charge in [0.25, 0.3) is 0 Å². The lowest BCUT2D eigenvalue weighted by molar-refractivity contribution is -0.136. The predicted molar refractivity (Wildman–Crippen MR) is 221 cm³/mol. The second-order valence-electron chi connectivity index (χ2n) is 17.1. The van der Waals surface area contributed by atoms with Gasteiger partial charge < -0.3 is 25.2 Å². The largest absolute Gasteiger partial charge is 0.508 e. The fraction of sp³-hybridized carbons (Fsp3) is 0.468. The van der Waals surface area contributed by atoms with Gasteiger partial charge in [0.05, 0.1) is 0 Å². The van der Waals surface area contributed by atoms with Crippen molar-refractivity contribution in [2.75, 3.05) is 44.2 Å². The molecular formula is C47H56N4O6. The number of rotatable bonds is 10. The Kier molecular flexibility index (Phi) is 11.2. The lowest BCUT2D eigenvalue weighted by Gasteiger charge is -2.48. The molecule has 0 bridgehead atoms. The standard InChI is InChI=1S/C47H56N4O6/c1-3-4-30(2)37-13-8-33-27-35(52)12-15-38(33)43(37)31-5-10-34(11-6-31)51-25-21-47(22-26-51)19-23-50(24-20-47)28-36-29-56-44-39(40(45(48)54)16-17-41(44)57-36)14-7-32-9-18-42(53)49-46(32)55/h3-6,10-12,15-17,27,32,36-37,43,52H,1,7-9,13-14,18-26,28-29H2,2H3,(H2,48,54)(H,49,53,55)/b30-4+/t32-,36?,37+,43-/m0/s1. The van der Waals surface area contributed by atoms with Gasteiger partial charge in [-0.2, -0.15) is 0 Å². The highest BCUT2D eigenvalue weighted by atomic mass is 16.6. The van der Waals surface area contributed by atoms with Gasteiger partial charge in [-0.15, -0.1) is 0 Å². The number of phenols is 1. The van der Waals surface area contributed by atoms with Crippen LogP contribution in [0.15, 0.2) is 78.9 Å². The topological polar surface area (TPSA) is 134 Å². The highest BCUT2D eigenvalue weighted by Crippen LogP contribution is 2.47. The maximum atomic E-state index is 12.4. The van der Waals surface area contributed by atoms with E-state index in [4.69, 9.17) is 15.2 Å². The Labute approximate surface area is 336 Å². The summed E-state index contributed by atoms with van der Waals surface area (Å²) >= 11 is 0. The number of nitrogens with zero attached hydrogens (tertiary/aromatic N) is 2. The normalized spacial score (nSPS) is 24.8. The predicted octanol–water partition coefficient (Wildman–Crippen LogP) is 6.83. The van der Waals surface area contributed by atoms with Gasteiger partial charge in [-0.05, 0) is 142 Å². The first-order valence-electron chi connectivity index (χ1n) is 20.9. The molecule has 0 aromatic heterocycles. The fourth-order valence-electron chi connectivity index (χ4n) is 10.3. The quantitative estimate of drug-likeness (QED) is 0.151. The van der Waals surface area contributed by atoms with Crippen LogP contribution < -0.4 is 25.4 Å². The first-order valence-corrected chi connectivity index (χ1v) is 20.9. The molecule has 3 aromatic carbocycles. The van der Waals surface area contributed by atoms with Crippen molar-refractivity contribution in [1.29, 1.82) is 0 Å². The van der Waals surface area contributed by atoms with Crippen molar-refractivity contribution in [3.05, 3.63) is 107 Å². The van der Waals surface area contributed by atoms with Crippen LogP contribution in [-0.4, -0.2) is 73.2 Å². The van der Waals surface area contributed by atoms with Gasteiger partial charge in [-0.1, -0.05) is 42.5 Å². The lowest BCUT2D eigenvalue weighted by atomic mass is 9.69. The van der Waals surface area contributed by atoms with E-state index in [9.17, 15) is 19.5 Å². The molecule has 5 aliphatic rings. The zero-order valence-electron chi connectivity index (χ0n) is 33.1. The Bertz CT molecular complexity index is 2040. The molecule has 57 heavy (non-hydrogen) atoms. The summed E-state index contributed by atoms with van der Waals surface area (Å²) in [5.41, 5.74) is 13.7. The number of aromatic hydroxyl groups is 1. The second kappa shape index (κ2) is 16.4. The molecule has 4 N–H and O–H groups in total. The summed E-state index contributed by atoms with van der Waals surface area (Å²) in [5.74, 6) is 0.773. The van der Waals surface area contributed by atoms with Gasteiger partial charge in [0.15, 0.2) is 11.5 Å². The number of likely N-dealkylation sites (tertiary alicyclic amines) is 1. The number of imide groups is 1. The summed E-state index contributed by atoms with van der Waals surface area (Å²) in [6.07, 6.45) is 12.4. The number of amides is 3. The van der Waals surface area contributed by atoms with Gasteiger partial charge in [0, 0.05) is 54.7 Å². The number of nitrogens with two attached hydrogens (primary N) is 1. The summed E-state index contributed by atoms with van der Waals surface area (Å²) < 4.78 is 12.8. The van der Waals surface area contributed by atoms with Crippen LogP contribution in [0.4, 0.5) is 5.69 Å². The molecule has 10 nitrogen and oxygen atoms in total. The van der Waals surface area contributed by atoms with E-state index in [1.54, 1.807) is 12.1 Å². The van der Waals surface area contributed by atoms with E-state index >= 15 is 0 Å². The van der Waals surface area contributed by atoms with E-state index in [-0.39, 0.29) is 29.8 Å². The molecule has 3 aromatic rings. The second-order valence-corrected chi connectivity index (χ2v) is 17.1. The molecule has 3 fully saturated rings. The van der Waals surface area contributed by atoms with Crippen molar-refractivity contribution in [2.24, 2.45) is 23.0 Å². The van der Waals surface area contributed by atoms with E-state index in [1.165, 1.54) is 53.6 Å². The van der Waals surface area contributed by atoms with Crippen molar-refractivity contribution < 1.29 is 29.0 Å². The summed E-state index contributed by atoms with van der Waals surface area (Å²) in [6.45, 7) is 11.5. The van der Waals surface area contributed by atoms with Gasteiger partial charge >= 0.3 is 0 Å². The molecule has 10 heteroatoms. The summed E-state index contributed by atoms with van der Waals surface area (Å²) in [4.78, 5) is 41.4. The number of anilines is 1. The Balaban J connectivity index is 0.849. The molecule has 3 amide bonds. The van der Waals surface area contributed by atoms with Crippen LogP contribution in [0.2, 0.25) is 0 Å². The van der Waals surface area contributed by atoms with Crippen LogP contribution in [0.3, 0.4) is 0 Å². The Hall–Kier alpha value is -5.09. The van der Waals surface area contributed by atoms with Crippen molar-refractivity contribution in [1.82, 2.24) is 10.2 Å². The third kappa shape index (κ3) is 8.19. The number of benzene rings is 3. The highest BCUT2D eigenvalue weighted by Gasteiger charge is 2.39. The summed E-state index contributed by atoms with van der Waals surface area (Å²) in [7, 11) is 0. The van der Waals surface area contributed by atoms with E-state index in [2.05, 4.69) is 65.0 Å². The molecule has 4 aliphatic heterocycles. The number of hydrogen-bond donors (Lipinski definition) is 3. The third-order valence-corrected chi connectivity index (χ3v) is 13.7. The van der Waals surface area contributed by atoms with Crippen molar-refractivity contribution in [3.63, 3.8) is 0 Å². The number of nitrogens with one attached hydrogen (secondary N) is 1. The first kappa shape index (κ1) is 38.8. The molecule has 300 valence electrons. The number of ether oxygens (including phenoxy) is 2. The molecule has 1 unspecified atom stereocenters. The average Bonchev–Trinajstić information content (AvgIpc) is 3.21. The van der Waals surface area contributed by atoms with E-state index < -0.39 is 5.91 Å². The highest BCUT2D eigenvalue weighted by molar-refractivity contribution is 5.98. The van der Waals surface area contributed by atoms with Gasteiger partial charge in [-0.25, -0.2) is 0 Å². The maximum Gasteiger partial charge on any atom is 0.249 e. The van der Waals surface area contributed by atoms with Crippen LogP contribution in [-0.2, 0) is 22.4 Å². The molecular weight excluding hydrogens is 717 g/mol. The number of phenolic OH excluding ortho intramolecular Hbond substituents is 1. The Morgan fingerprint density at radius 2 is 1.75 bits per heavy atom. The maximum absolute atomic E-state index is 12.4. The minimum absolute atomic E-state index is 0.134. The molecule has 3 saturated heterocycles. The molecule has 8 rings (SSSR count). The van der Waals surface area contributed by atoms with Crippen molar-refractivity contribution in [3.8, 4) is 17.2 Å².